The van der Waals surface area contributed by atoms with E-state index < -0.39 is 0 Å². The van der Waals surface area contributed by atoms with Crippen LogP contribution in [0.2, 0.25) is 0 Å². The van der Waals surface area contributed by atoms with Crippen molar-refractivity contribution in [1.29, 1.82) is 0 Å². The third kappa shape index (κ3) is 11.3. The first-order valence-corrected chi connectivity index (χ1v) is 18.2. The molecule has 0 radical (unpaired) electrons. The zero-order valence-corrected chi connectivity index (χ0v) is 35.3. The summed E-state index contributed by atoms with van der Waals surface area (Å²) in [5.41, 5.74) is 9.96. The van der Waals surface area contributed by atoms with Crippen molar-refractivity contribution < 1.29 is 49.0 Å². The first kappa shape index (κ1) is 43.2. The largest absolute Gasteiger partial charge is 1.00 e. The van der Waals surface area contributed by atoms with Gasteiger partial charge in [0.15, 0.2) is 0 Å². The van der Waals surface area contributed by atoms with Crippen LogP contribution in [-0.4, -0.2) is 3.21 Å². The fourth-order valence-corrected chi connectivity index (χ4v) is 6.47. The number of halogens is 2. The molecule has 0 bridgehead atoms. The summed E-state index contributed by atoms with van der Waals surface area (Å²) in [6.45, 7) is 27.9. The molecule has 260 valence electrons. The van der Waals surface area contributed by atoms with Gasteiger partial charge in [0, 0.05) is 0 Å². The summed E-state index contributed by atoms with van der Waals surface area (Å²) in [5.74, 6) is 0. The number of hydrogen-bond donors (Lipinski definition) is 0. The van der Waals surface area contributed by atoms with Gasteiger partial charge in [0.25, 0.3) is 0 Å². The van der Waals surface area contributed by atoms with Gasteiger partial charge < -0.3 is 24.8 Å². The second kappa shape index (κ2) is 18.0. The Balaban J connectivity index is 0.000000275. The molecule has 1 aliphatic rings. The van der Waals surface area contributed by atoms with Gasteiger partial charge in [-0.3, -0.25) is 6.08 Å². The van der Waals surface area contributed by atoms with E-state index in [1.807, 2.05) is 12.2 Å². The first-order chi connectivity index (χ1) is 22.5. The van der Waals surface area contributed by atoms with Crippen LogP contribution < -0.4 is 24.8 Å². The Morgan fingerprint density at radius 1 is 0.620 bits per heavy atom. The SMILES string of the molecule is C=Cc1ccc2[cH-]c3ccc(C=C)cc3c2c1.CC(C)(C)C1=CC[C-]=C1.CC(C)(C)c1ccc([C](=[Zr+2])c2ccc(C(C)(C)C)cc2)cc1.[Cl-].[Cl-]. The molecule has 5 aromatic carbocycles. The van der Waals surface area contributed by atoms with Gasteiger partial charge in [0.05, 0.1) is 0 Å². The number of fused-ring (bicyclic) bond motifs is 3. The van der Waals surface area contributed by atoms with Gasteiger partial charge in [-0.2, -0.15) is 11.6 Å². The van der Waals surface area contributed by atoms with Crippen molar-refractivity contribution in [2.24, 2.45) is 5.41 Å². The number of allylic oxidation sites excluding steroid dienone is 4. The maximum atomic E-state index is 3.82. The minimum atomic E-state index is 0. The van der Waals surface area contributed by atoms with Gasteiger partial charge in [-0.25, -0.2) is 6.08 Å². The van der Waals surface area contributed by atoms with Crippen molar-refractivity contribution >= 4 is 36.9 Å². The molecule has 0 heterocycles. The molecule has 1 aliphatic carbocycles. The maximum Gasteiger partial charge on any atom is -1.00 e. The molecule has 0 saturated carbocycles. The fraction of sp³-hybridized carbons (Fsp3) is 0.277. The van der Waals surface area contributed by atoms with Gasteiger partial charge in [0.1, 0.15) is 0 Å². The zero-order valence-electron chi connectivity index (χ0n) is 31.3. The van der Waals surface area contributed by atoms with Gasteiger partial charge in [0.2, 0.25) is 0 Å². The van der Waals surface area contributed by atoms with Crippen molar-refractivity contribution in [2.45, 2.75) is 79.6 Å². The summed E-state index contributed by atoms with van der Waals surface area (Å²) in [6.07, 6.45) is 12.3. The third-order valence-electron chi connectivity index (χ3n) is 8.87. The summed E-state index contributed by atoms with van der Waals surface area (Å²) in [4.78, 5) is 0. The molecule has 0 aliphatic heterocycles. The van der Waals surface area contributed by atoms with Crippen LogP contribution >= 0.6 is 0 Å². The van der Waals surface area contributed by atoms with Gasteiger partial charge >= 0.3 is 151 Å². The molecular weight excluding hydrogens is 727 g/mol. The van der Waals surface area contributed by atoms with Gasteiger partial charge in [-0.15, -0.1) is 46.2 Å². The molecule has 6 rings (SSSR count). The van der Waals surface area contributed by atoms with Crippen LogP contribution in [0.4, 0.5) is 0 Å². The molecule has 3 heteroatoms. The van der Waals surface area contributed by atoms with Gasteiger partial charge in [-0.1, -0.05) is 75.8 Å². The molecule has 0 unspecified atom stereocenters. The normalized spacial score (nSPS) is 12.4. The summed E-state index contributed by atoms with van der Waals surface area (Å²) in [5, 5.41) is 5.15. The van der Waals surface area contributed by atoms with Crippen LogP contribution in [0, 0.1) is 11.5 Å². The van der Waals surface area contributed by atoms with E-state index in [1.54, 1.807) is 0 Å². The summed E-state index contributed by atoms with van der Waals surface area (Å²) >= 11 is 1.46. The summed E-state index contributed by atoms with van der Waals surface area (Å²) in [6, 6.07) is 33.2. The smallest absolute Gasteiger partial charge is 1.00 e. The second-order valence-electron chi connectivity index (χ2n) is 15.7. The molecule has 0 N–H and O–H groups in total. The van der Waals surface area contributed by atoms with E-state index in [0.717, 1.165) is 17.5 Å². The number of hydrogen-bond acceptors (Lipinski definition) is 0. The Kier molecular flexibility index (Phi) is 15.6. The predicted molar refractivity (Wildman–Crippen MR) is 211 cm³/mol. The number of rotatable bonds is 4. The van der Waals surface area contributed by atoms with E-state index in [0.29, 0.717) is 5.41 Å². The molecule has 5 aromatic rings. The first-order valence-electron chi connectivity index (χ1n) is 17.0. The van der Waals surface area contributed by atoms with Crippen molar-refractivity contribution in [2.75, 3.05) is 0 Å². The Morgan fingerprint density at radius 3 is 1.30 bits per heavy atom. The van der Waals surface area contributed by atoms with E-state index in [1.165, 1.54) is 76.8 Å². The average molecular weight is 779 g/mol. The van der Waals surface area contributed by atoms with Crippen LogP contribution in [0.5, 0.6) is 0 Å². The number of benzene rings is 4. The van der Waals surface area contributed by atoms with E-state index in [-0.39, 0.29) is 35.6 Å². The molecule has 0 saturated heterocycles. The molecule has 0 fully saturated rings. The van der Waals surface area contributed by atoms with Crippen molar-refractivity contribution in [1.82, 2.24) is 0 Å². The van der Waals surface area contributed by atoms with Crippen LogP contribution in [0.15, 0.2) is 122 Å². The van der Waals surface area contributed by atoms with Crippen LogP contribution in [-0.2, 0) is 35.1 Å². The average Bonchev–Trinajstić information content (AvgIpc) is 3.73. The Labute approximate surface area is 330 Å². The van der Waals surface area contributed by atoms with E-state index >= 15 is 0 Å². The molecule has 0 spiro atoms. The minimum Gasteiger partial charge on any atom is -1.00 e. The topological polar surface area (TPSA) is 0 Å². The molecule has 0 amide bonds. The predicted octanol–water partition coefficient (Wildman–Crippen LogP) is 7.13. The summed E-state index contributed by atoms with van der Waals surface area (Å²) < 4.78 is 1.42. The molecular formula is C47H52Cl2Zr-2. The monoisotopic (exact) mass is 776 g/mol. The molecule has 0 atom stereocenters. The standard InChI is InChI=1S/C21H26.C17H13.C9H13.2ClH.Zr/c1-20(2,3)18-11-7-16(8-12-18)15-17-9-13-19(14-10-17)21(4,5)6;1-3-12-5-7-14-11-15-8-6-13(4-2)10-17(15)16(14)9-12;1-9(2,3)8-6-4-5-7-8;;;/h7-14H,1-6H3;3-11H,1-2H2;6-7H,4H2,1-3H3;2*1H;/q;2*-1;;;+2/p-2. The van der Waals surface area contributed by atoms with E-state index in [4.69, 9.17) is 0 Å². The van der Waals surface area contributed by atoms with E-state index in [2.05, 4.69) is 185 Å². The minimum absolute atomic E-state index is 0. The Hall–Kier alpha value is -2.96. The van der Waals surface area contributed by atoms with Crippen molar-refractivity contribution in [3.63, 3.8) is 0 Å². The Morgan fingerprint density at radius 2 is 1.02 bits per heavy atom. The molecule has 50 heavy (non-hydrogen) atoms. The Bertz CT molecular complexity index is 1840. The third-order valence-corrected chi connectivity index (χ3v) is 10.3. The quantitative estimate of drug-likeness (QED) is 0.171. The van der Waals surface area contributed by atoms with E-state index in [9.17, 15) is 0 Å². The zero-order chi connectivity index (χ0) is 35.3. The van der Waals surface area contributed by atoms with Gasteiger partial charge in [-0.05, 0) is 11.1 Å². The fourth-order valence-electron chi connectivity index (χ4n) is 5.65. The maximum absolute atomic E-state index is 3.82. The molecule has 0 nitrogen and oxygen atoms in total. The molecule has 0 aromatic heterocycles. The van der Waals surface area contributed by atoms with Crippen molar-refractivity contribution in [3.8, 4) is 0 Å². The van der Waals surface area contributed by atoms with Crippen LogP contribution in [0.3, 0.4) is 0 Å². The second-order valence-corrected chi connectivity index (χ2v) is 17.0. The van der Waals surface area contributed by atoms with Crippen LogP contribution in [0.25, 0.3) is 33.7 Å². The van der Waals surface area contributed by atoms with Crippen molar-refractivity contribution in [3.05, 3.63) is 161 Å². The summed E-state index contributed by atoms with van der Waals surface area (Å²) in [7, 11) is 0. The van der Waals surface area contributed by atoms with Crippen LogP contribution in [0.1, 0.15) is 102 Å².